The van der Waals surface area contributed by atoms with Crippen molar-refractivity contribution < 1.29 is 9.31 Å². The highest BCUT2D eigenvalue weighted by atomic mass is 35.5. The van der Waals surface area contributed by atoms with Crippen molar-refractivity contribution in [3.05, 3.63) is 22.7 Å². The minimum absolute atomic E-state index is 0.357. The standard InChI is InChI=1S/C13H15BClNO2S/c1-12(2)13(3,4)18-14(17-12)8-5-6-9-11(10(8)15)19-7-16-9/h5-7H,1-4H3. The van der Waals surface area contributed by atoms with Crippen molar-refractivity contribution in [2.24, 2.45) is 0 Å². The lowest BCUT2D eigenvalue weighted by atomic mass is 9.79. The Hall–Kier alpha value is -0.615. The zero-order valence-electron chi connectivity index (χ0n) is 11.4. The molecule has 19 heavy (non-hydrogen) atoms. The average molecular weight is 296 g/mol. The van der Waals surface area contributed by atoms with Gasteiger partial charge in [0.25, 0.3) is 0 Å². The van der Waals surface area contributed by atoms with E-state index < -0.39 is 7.12 Å². The highest BCUT2D eigenvalue weighted by molar-refractivity contribution is 7.17. The summed E-state index contributed by atoms with van der Waals surface area (Å²) in [5.41, 5.74) is 2.87. The summed E-state index contributed by atoms with van der Waals surface area (Å²) in [4.78, 5) is 4.26. The minimum atomic E-state index is -0.427. The summed E-state index contributed by atoms with van der Waals surface area (Å²) in [6, 6.07) is 3.89. The van der Waals surface area contributed by atoms with Crippen molar-refractivity contribution in [3.8, 4) is 0 Å². The molecule has 0 unspecified atom stereocenters. The van der Waals surface area contributed by atoms with Gasteiger partial charge in [0.2, 0.25) is 0 Å². The van der Waals surface area contributed by atoms with E-state index in [2.05, 4.69) is 4.98 Å². The monoisotopic (exact) mass is 295 g/mol. The number of nitrogens with zero attached hydrogens (tertiary/aromatic N) is 1. The molecule has 0 atom stereocenters. The maximum Gasteiger partial charge on any atom is 0.496 e. The summed E-state index contributed by atoms with van der Waals surface area (Å²) >= 11 is 7.99. The zero-order chi connectivity index (χ0) is 13.8. The van der Waals surface area contributed by atoms with Crippen LogP contribution >= 0.6 is 22.9 Å². The summed E-state index contributed by atoms with van der Waals surface area (Å²) in [5.74, 6) is 0. The van der Waals surface area contributed by atoms with Gasteiger partial charge in [-0.25, -0.2) is 4.98 Å². The van der Waals surface area contributed by atoms with Gasteiger partial charge in [-0.1, -0.05) is 17.7 Å². The van der Waals surface area contributed by atoms with Gasteiger partial charge in [0.15, 0.2) is 0 Å². The Morgan fingerprint density at radius 3 is 2.42 bits per heavy atom. The molecule has 1 aromatic carbocycles. The molecule has 100 valence electrons. The van der Waals surface area contributed by atoms with E-state index in [1.54, 1.807) is 5.51 Å². The number of rotatable bonds is 1. The van der Waals surface area contributed by atoms with Crippen LogP contribution in [0.1, 0.15) is 27.7 Å². The van der Waals surface area contributed by atoms with Crippen LogP contribution in [0.2, 0.25) is 5.02 Å². The molecule has 1 aliphatic heterocycles. The second-order valence-corrected chi connectivity index (χ2v) is 6.99. The van der Waals surface area contributed by atoms with Crippen LogP contribution in [-0.2, 0) is 9.31 Å². The predicted octanol–water partition coefficient (Wildman–Crippen LogP) is 3.25. The summed E-state index contributed by atoms with van der Waals surface area (Å²) in [7, 11) is -0.427. The largest absolute Gasteiger partial charge is 0.496 e. The molecule has 0 bridgehead atoms. The first-order valence-electron chi connectivity index (χ1n) is 6.19. The van der Waals surface area contributed by atoms with Gasteiger partial charge in [-0.05, 0) is 33.8 Å². The van der Waals surface area contributed by atoms with Crippen molar-refractivity contribution in [2.45, 2.75) is 38.9 Å². The summed E-state index contributed by atoms with van der Waals surface area (Å²) in [6.07, 6.45) is 0. The molecule has 1 saturated heterocycles. The molecule has 2 aromatic rings. The first-order chi connectivity index (χ1) is 8.82. The topological polar surface area (TPSA) is 31.4 Å². The molecule has 0 saturated carbocycles. The average Bonchev–Trinajstić information content (AvgIpc) is 2.83. The number of thiazole rings is 1. The van der Waals surface area contributed by atoms with Crippen LogP contribution in [-0.4, -0.2) is 23.3 Å². The van der Waals surface area contributed by atoms with Gasteiger partial charge in [0.05, 0.1) is 32.0 Å². The van der Waals surface area contributed by atoms with Gasteiger partial charge in [-0.3, -0.25) is 0 Å². The fraction of sp³-hybridized carbons (Fsp3) is 0.462. The van der Waals surface area contributed by atoms with E-state index in [9.17, 15) is 0 Å². The Morgan fingerprint density at radius 2 is 1.79 bits per heavy atom. The van der Waals surface area contributed by atoms with Crippen molar-refractivity contribution in [1.82, 2.24) is 4.98 Å². The van der Waals surface area contributed by atoms with Crippen LogP contribution in [0.3, 0.4) is 0 Å². The van der Waals surface area contributed by atoms with Crippen LogP contribution < -0.4 is 5.46 Å². The van der Waals surface area contributed by atoms with Crippen LogP contribution in [0.5, 0.6) is 0 Å². The highest BCUT2D eigenvalue weighted by Crippen LogP contribution is 2.37. The van der Waals surface area contributed by atoms with Gasteiger partial charge in [0.1, 0.15) is 0 Å². The molecular weight excluding hydrogens is 280 g/mol. The molecule has 0 spiro atoms. The zero-order valence-corrected chi connectivity index (χ0v) is 12.9. The normalized spacial score (nSPS) is 21.2. The fourth-order valence-electron chi connectivity index (χ4n) is 2.06. The second-order valence-electron chi connectivity index (χ2n) is 5.76. The van der Waals surface area contributed by atoms with Crippen LogP contribution in [0, 0.1) is 0 Å². The number of halogens is 1. The molecule has 1 aromatic heterocycles. The van der Waals surface area contributed by atoms with Gasteiger partial charge in [-0.2, -0.15) is 0 Å². The molecule has 6 heteroatoms. The number of hydrogen-bond donors (Lipinski definition) is 0. The summed E-state index contributed by atoms with van der Waals surface area (Å²) in [6.45, 7) is 8.14. The Kier molecular flexibility index (Phi) is 2.95. The molecule has 0 N–H and O–H groups in total. The number of aromatic nitrogens is 1. The smallest absolute Gasteiger partial charge is 0.399 e. The molecular formula is C13H15BClNO2S. The number of hydrogen-bond acceptors (Lipinski definition) is 4. The van der Waals surface area contributed by atoms with E-state index in [4.69, 9.17) is 20.9 Å². The van der Waals surface area contributed by atoms with Gasteiger partial charge >= 0.3 is 7.12 Å². The second kappa shape index (κ2) is 4.19. The lowest BCUT2D eigenvalue weighted by Gasteiger charge is -2.32. The Labute approximate surface area is 122 Å². The SMILES string of the molecule is CC1(C)OB(c2ccc3ncsc3c2Cl)OC1(C)C. The molecule has 1 aliphatic rings. The number of benzene rings is 1. The molecule has 2 heterocycles. The van der Waals surface area contributed by atoms with E-state index in [0.717, 1.165) is 15.7 Å². The first-order valence-corrected chi connectivity index (χ1v) is 7.45. The Balaban J connectivity index is 2.04. The lowest BCUT2D eigenvalue weighted by molar-refractivity contribution is 0.00578. The van der Waals surface area contributed by atoms with Crippen LogP contribution in [0.25, 0.3) is 10.2 Å². The predicted molar refractivity (Wildman–Crippen MR) is 80.3 cm³/mol. The third-order valence-corrected chi connectivity index (χ3v) is 5.35. The summed E-state index contributed by atoms with van der Waals surface area (Å²) < 4.78 is 13.0. The van der Waals surface area contributed by atoms with Crippen molar-refractivity contribution in [1.29, 1.82) is 0 Å². The van der Waals surface area contributed by atoms with Gasteiger partial charge in [0, 0.05) is 5.46 Å². The lowest BCUT2D eigenvalue weighted by Crippen LogP contribution is -2.41. The molecule has 3 nitrogen and oxygen atoms in total. The minimum Gasteiger partial charge on any atom is -0.399 e. The highest BCUT2D eigenvalue weighted by Gasteiger charge is 2.52. The molecule has 1 fully saturated rings. The van der Waals surface area contributed by atoms with Crippen LogP contribution in [0.15, 0.2) is 17.6 Å². The molecule has 0 aliphatic carbocycles. The fourth-order valence-corrected chi connectivity index (χ4v) is 3.18. The first kappa shape index (κ1) is 13.4. The van der Waals surface area contributed by atoms with E-state index >= 15 is 0 Å². The van der Waals surface area contributed by atoms with E-state index in [1.807, 2.05) is 39.8 Å². The molecule has 3 rings (SSSR count). The van der Waals surface area contributed by atoms with E-state index in [1.165, 1.54) is 11.3 Å². The Morgan fingerprint density at radius 1 is 1.16 bits per heavy atom. The molecule has 0 radical (unpaired) electrons. The van der Waals surface area contributed by atoms with Crippen molar-refractivity contribution in [3.63, 3.8) is 0 Å². The maximum atomic E-state index is 6.46. The third-order valence-electron chi connectivity index (χ3n) is 3.98. The Bertz CT molecular complexity index is 625. The number of fused-ring (bicyclic) bond motifs is 1. The summed E-state index contributed by atoms with van der Waals surface area (Å²) in [5, 5.41) is 0.679. The maximum absolute atomic E-state index is 6.46. The van der Waals surface area contributed by atoms with Crippen molar-refractivity contribution >= 4 is 45.7 Å². The molecule has 0 amide bonds. The van der Waals surface area contributed by atoms with E-state index in [0.29, 0.717) is 5.02 Å². The van der Waals surface area contributed by atoms with Crippen molar-refractivity contribution in [2.75, 3.05) is 0 Å². The third kappa shape index (κ3) is 2.00. The van der Waals surface area contributed by atoms with Gasteiger partial charge < -0.3 is 9.31 Å². The quantitative estimate of drug-likeness (QED) is 0.757. The van der Waals surface area contributed by atoms with Gasteiger partial charge in [-0.15, -0.1) is 11.3 Å². The van der Waals surface area contributed by atoms with E-state index in [-0.39, 0.29) is 11.2 Å². The van der Waals surface area contributed by atoms with Crippen LogP contribution in [0.4, 0.5) is 0 Å².